The predicted molar refractivity (Wildman–Crippen MR) is 320 cm³/mol. The number of nitrogens with one attached hydrogen (secondary N) is 1. The molecule has 0 bridgehead atoms. The van der Waals surface area contributed by atoms with Crippen LogP contribution in [0.25, 0.3) is 73.2 Å². The molecule has 5 nitrogen and oxygen atoms in total. The van der Waals surface area contributed by atoms with E-state index in [1.165, 1.54) is 49.9 Å². The Morgan fingerprint density at radius 2 is 1.37 bits per heavy atom. The molecule has 0 radical (unpaired) electrons. The van der Waals surface area contributed by atoms with Crippen molar-refractivity contribution < 1.29 is 0 Å². The van der Waals surface area contributed by atoms with E-state index in [2.05, 4.69) is 270 Å². The van der Waals surface area contributed by atoms with E-state index in [4.69, 9.17) is 11.6 Å². The topological polar surface area (TPSA) is 38.0 Å². The van der Waals surface area contributed by atoms with Crippen molar-refractivity contribution in [1.29, 1.82) is 0 Å². The molecule has 10 aromatic rings. The molecule has 0 spiro atoms. The van der Waals surface area contributed by atoms with Gasteiger partial charge in [-0.2, -0.15) is 0 Å². The number of hydrogen-bond acceptors (Lipinski definition) is 3. The number of pyridine rings is 1. The summed E-state index contributed by atoms with van der Waals surface area (Å²) >= 11 is 0. The zero-order chi connectivity index (χ0) is 51.1. The lowest BCUT2D eigenvalue weighted by Crippen LogP contribution is -2.18. The fourth-order valence-corrected chi connectivity index (χ4v) is 10.8. The molecule has 0 fully saturated rings. The van der Waals surface area contributed by atoms with E-state index in [-0.39, 0.29) is 0 Å². The van der Waals surface area contributed by atoms with Crippen molar-refractivity contribution in [2.75, 3.05) is 17.3 Å². The molecule has 0 amide bonds. The van der Waals surface area contributed by atoms with Crippen LogP contribution in [0.4, 0.5) is 17.2 Å². The van der Waals surface area contributed by atoms with E-state index >= 15 is 0 Å². The third-order valence-electron chi connectivity index (χ3n) is 14.4. The van der Waals surface area contributed by atoms with Crippen LogP contribution < -0.4 is 10.2 Å². The second kappa shape index (κ2) is 21.9. The lowest BCUT2D eigenvalue weighted by molar-refractivity contribution is 0.888. The Bertz CT molecular complexity index is 3830. The van der Waals surface area contributed by atoms with E-state index in [0.717, 1.165) is 93.3 Å². The maximum atomic E-state index is 5.23. The molecule has 0 atom stereocenters. The summed E-state index contributed by atoms with van der Waals surface area (Å²) in [5.41, 5.74) is 20.3. The predicted octanol–water partition coefficient (Wildman–Crippen LogP) is 18.1. The minimum atomic E-state index is 0.607. The van der Waals surface area contributed by atoms with Crippen molar-refractivity contribution >= 4 is 56.7 Å². The number of benzene rings is 7. The van der Waals surface area contributed by atoms with Crippen molar-refractivity contribution in [1.82, 2.24) is 14.1 Å². The van der Waals surface area contributed by atoms with Gasteiger partial charge in [-0.15, -0.1) is 6.58 Å². The van der Waals surface area contributed by atoms with Crippen molar-refractivity contribution in [2.24, 2.45) is 0 Å². The molecule has 366 valence electrons. The van der Waals surface area contributed by atoms with Gasteiger partial charge >= 0.3 is 0 Å². The Kier molecular flexibility index (Phi) is 14.0. The minimum absolute atomic E-state index is 0.607. The van der Waals surface area contributed by atoms with Gasteiger partial charge in [0.25, 0.3) is 0 Å². The van der Waals surface area contributed by atoms with E-state index in [9.17, 15) is 0 Å². The number of nitrogens with zero attached hydrogens (tertiary/aromatic N) is 4. The molecule has 11 rings (SSSR count). The molecular weight excluding hydrogens is 911 g/mol. The van der Waals surface area contributed by atoms with Crippen LogP contribution in [-0.4, -0.2) is 21.2 Å². The lowest BCUT2D eigenvalue weighted by Gasteiger charge is -2.23. The maximum absolute atomic E-state index is 5.23. The van der Waals surface area contributed by atoms with Gasteiger partial charge in [0.2, 0.25) is 0 Å². The van der Waals surface area contributed by atoms with E-state index in [1.807, 2.05) is 12.1 Å². The Balaban J connectivity index is 0.896. The molecule has 1 N–H and O–H groups in total. The minimum Gasteiger partial charge on any atom is -0.368 e. The van der Waals surface area contributed by atoms with Crippen molar-refractivity contribution in [3.05, 3.63) is 283 Å². The number of fused-ring (bicyclic) bond motifs is 3. The highest BCUT2D eigenvalue weighted by molar-refractivity contribution is 6.10. The van der Waals surface area contributed by atoms with Gasteiger partial charge in [0.1, 0.15) is 5.82 Å². The summed E-state index contributed by atoms with van der Waals surface area (Å²) in [6.07, 6.45) is 21.6. The maximum Gasteiger partial charge on any atom is 0.130 e. The van der Waals surface area contributed by atoms with Gasteiger partial charge in [0.15, 0.2) is 0 Å². The van der Waals surface area contributed by atoms with Crippen LogP contribution in [0.5, 0.6) is 0 Å². The van der Waals surface area contributed by atoms with Gasteiger partial charge in [0.05, 0.1) is 23.3 Å². The zero-order valence-corrected chi connectivity index (χ0v) is 42.8. The first-order chi connectivity index (χ1) is 36.9. The van der Waals surface area contributed by atoms with Crippen LogP contribution in [0.15, 0.2) is 249 Å². The lowest BCUT2D eigenvalue weighted by atomic mass is 9.96. The summed E-state index contributed by atoms with van der Waals surface area (Å²) in [6, 6.07) is 68.9. The summed E-state index contributed by atoms with van der Waals surface area (Å²) in [4.78, 5) is 7.53. The largest absolute Gasteiger partial charge is 0.368 e. The fraction of sp³-hybridized carbons (Fsp3) is 0.100. The number of aromatic nitrogens is 3. The van der Waals surface area contributed by atoms with Gasteiger partial charge in [-0.05, 0) is 139 Å². The van der Waals surface area contributed by atoms with Crippen molar-refractivity contribution in [3.63, 3.8) is 0 Å². The molecule has 5 heteroatoms. The molecule has 0 saturated heterocycles. The third kappa shape index (κ3) is 10.1. The van der Waals surface area contributed by atoms with E-state index < -0.39 is 0 Å². The van der Waals surface area contributed by atoms with Crippen LogP contribution in [0.3, 0.4) is 0 Å². The smallest absolute Gasteiger partial charge is 0.130 e. The molecule has 0 unspecified atom stereocenters. The average molecular weight is 972 g/mol. The average Bonchev–Trinajstić information content (AvgIpc) is 3.95. The number of rotatable bonds is 17. The molecule has 1 aliphatic rings. The molecular formula is C70H61N5. The second-order valence-corrected chi connectivity index (χ2v) is 19.3. The molecule has 7 aromatic carbocycles. The van der Waals surface area contributed by atoms with Gasteiger partial charge in [-0.3, -0.25) is 0 Å². The van der Waals surface area contributed by atoms with Crippen molar-refractivity contribution in [3.8, 4) is 33.6 Å². The molecule has 1 aliphatic carbocycles. The molecule has 0 aliphatic heterocycles. The van der Waals surface area contributed by atoms with Crippen LogP contribution in [-0.2, 0) is 13.0 Å². The number of para-hydroxylation sites is 4. The highest BCUT2D eigenvalue weighted by Crippen LogP contribution is 2.39. The Labute approximate surface area is 441 Å². The molecule has 75 heavy (non-hydrogen) atoms. The standard InChI is InChI=1S/C70H61N5/c1-5-24-61-59(51(3)74(57-31-14-8-15-32-57)67(61)39-22-27-52-25-10-6-11-26-52)44-41-50(2)64-47-54(53-28-12-7-13-29-53)43-46-65(64)72-70-40-23-30-56(71-70)49-73(4)66-37-20-18-35-60(66)55-42-45-63-62-36-19-21-38-68(62)75(69(63)48-55)58-33-16-9-17-34-58/h5-10,12-23,25,28-48H,1-2,11,24,26-27,49H2,3-4H3,(H,71,72)/b39-22-,44-41-. The van der Waals surface area contributed by atoms with Crippen LogP contribution in [0.1, 0.15) is 53.0 Å². The molecule has 3 aromatic heterocycles. The summed E-state index contributed by atoms with van der Waals surface area (Å²) in [5, 5.41) is 6.21. The van der Waals surface area contributed by atoms with Crippen molar-refractivity contribution in [2.45, 2.75) is 39.2 Å². The number of hydrogen-bond donors (Lipinski definition) is 1. The van der Waals surface area contributed by atoms with Gasteiger partial charge in [0, 0.05) is 63.1 Å². The van der Waals surface area contributed by atoms with Crippen LogP contribution in [0, 0.1) is 6.92 Å². The summed E-state index contributed by atoms with van der Waals surface area (Å²) < 4.78 is 4.76. The van der Waals surface area contributed by atoms with Crippen LogP contribution >= 0.6 is 0 Å². The number of anilines is 3. The molecule has 0 saturated carbocycles. The highest BCUT2D eigenvalue weighted by atomic mass is 15.1. The second-order valence-electron chi connectivity index (χ2n) is 19.3. The Morgan fingerprint density at radius 3 is 2.15 bits per heavy atom. The van der Waals surface area contributed by atoms with Gasteiger partial charge in [-0.25, -0.2) is 4.98 Å². The summed E-state index contributed by atoms with van der Waals surface area (Å²) in [7, 11) is 2.15. The first-order valence-corrected chi connectivity index (χ1v) is 26.0. The van der Waals surface area contributed by atoms with Crippen LogP contribution in [0.2, 0.25) is 0 Å². The first kappa shape index (κ1) is 48.1. The molecule has 3 heterocycles. The zero-order valence-electron chi connectivity index (χ0n) is 42.8. The monoisotopic (exact) mass is 971 g/mol. The van der Waals surface area contributed by atoms with E-state index in [0.29, 0.717) is 6.54 Å². The van der Waals surface area contributed by atoms with Gasteiger partial charge < -0.3 is 19.4 Å². The third-order valence-corrected chi connectivity index (χ3v) is 14.4. The Morgan fingerprint density at radius 1 is 0.667 bits per heavy atom. The summed E-state index contributed by atoms with van der Waals surface area (Å²) in [5.74, 6) is 0.763. The Hall–Kier alpha value is -9.19. The van der Waals surface area contributed by atoms with Gasteiger partial charge in [-0.1, -0.05) is 182 Å². The highest BCUT2D eigenvalue weighted by Gasteiger charge is 2.20. The SMILES string of the molecule is C=CCc1c(/C=C\C(=C)c2cc(-c3ccccc3)ccc2Nc2cccc(CN(C)c3ccccc3-c3ccc4c5ccccc5n(-c5ccccc5)c4c3)n2)c(C)n(-c2ccccc2)c1/C=C\CC1=CC=CCC1. The quantitative estimate of drug-likeness (QED) is 0.0730. The normalized spacial score (nSPS) is 12.5. The summed E-state index contributed by atoms with van der Waals surface area (Å²) in [6.45, 7) is 11.8. The fourth-order valence-electron chi connectivity index (χ4n) is 10.8. The first-order valence-electron chi connectivity index (χ1n) is 26.0. The van der Waals surface area contributed by atoms with E-state index in [1.54, 1.807) is 0 Å². The number of allylic oxidation sites excluding steroid dienone is 8.